The molecule has 4 heteroatoms. The molecule has 4 nitrogen and oxygen atoms in total. The number of rotatable bonds is 4. The molecule has 0 saturated carbocycles. The van der Waals surface area contributed by atoms with Crippen molar-refractivity contribution in [2.75, 3.05) is 11.5 Å². The van der Waals surface area contributed by atoms with Gasteiger partial charge in [-0.25, -0.2) is 0 Å². The molecule has 0 spiro atoms. The largest absolute Gasteiger partial charge is 0.397 e. The molecule has 0 aromatic carbocycles. The minimum atomic E-state index is 0.413. The summed E-state index contributed by atoms with van der Waals surface area (Å²) in [6, 6.07) is 3.93. The number of hydrogen-bond acceptors (Lipinski definition) is 4. The summed E-state index contributed by atoms with van der Waals surface area (Å²) in [5.41, 5.74) is 18.6. The van der Waals surface area contributed by atoms with Crippen molar-refractivity contribution in [3.05, 3.63) is 53.6 Å². The number of hydrogen-bond donors (Lipinski definition) is 2. The predicted molar refractivity (Wildman–Crippen MR) is 105 cm³/mol. The van der Waals surface area contributed by atoms with Crippen molar-refractivity contribution >= 4 is 16.9 Å². The number of anilines is 2. The first-order valence-corrected chi connectivity index (χ1v) is 8.45. The number of nitrogens with two attached hydrogens (primary N) is 2. The summed E-state index contributed by atoms with van der Waals surface area (Å²) >= 11 is 0. The minimum absolute atomic E-state index is 0.413. The normalized spacial score (nSPS) is 10.2. The Morgan fingerprint density at radius 3 is 1.96 bits per heavy atom. The molecule has 4 N–H and O–H groups in total. The zero-order valence-corrected chi connectivity index (χ0v) is 15.6. The topological polar surface area (TPSA) is 77.8 Å². The molecule has 24 heavy (non-hydrogen) atoms. The fraction of sp³-hybridized carbons (Fsp3) is 0.400. The highest BCUT2D eigenvalue weighted by molar-refractivity contribution is 5.71. The van der Waals surface area contributed by atoms with Crippen molar-refractivity contribution in [3.8, 4) is 0 Å². The van der Waals surface area contributed by atoms with Crippen molar-refractivity contribution in [3.63, 3.8) is 0 Å². The van der Waals surface area contributed by atoms with Gasteiger partial charge in [0.15, 0.2) is 0 Å². The van der Waals surface area contributed by atoms with Gasteiger partial charge in [-0.3, -0.25) is 9.97 Å². The van der Waals surface area contributed by atoms with Crippen LogP contribution in [0.15, 0.2) is 31.1 Å². The number of aromatic nitrogens is 2. The van der Waals surface area contributed by atoms with E-state index in [4.69, 9.17) is 11.5 Å². The maximum absolute atomic E-state index is 5.93. The maximum atomic E-state index is 5.93. The Balaban J connectivity index is 0.000000240. The highest BCUT2D eigenvalue weighted by atomic mass is 14.7. The van der Waals surface area contributed by atoms with E-state index in [0.29, 0.717) is 5.92 Å². The van der Waals surface area contributed by atoms with Gasteiger partial charge in [-0.2, -0.15) is 0 Å². The van der Waals surface area contributed by atoms with E-state index < -0.39 is 0 Å². The summed E-state index contributed by atoms with van der Waals surface area (Å²) in [4.78, 5) is 8.42. The first kappa shape index (κ1) is 19.7. The van der Waals surface area contributed by atoms with Crippen LogP contribution >= 0.6 is 0 Å². The van der Waals surface area contributed by atoms with E-state index in [9.17, 15) is 0 Å². The number of aryl methyl sites for hydroxylation is 2. The van der Waals surface area contributed by atoms with Gasteiger partial charge in [0.05, 0.1) is 22.8 Å². The van der Waals surface area contributed by atoms with Crippen LogP contribution in [0, 0.1) is 0 Å². The summed E-state index contributed by atoms with van der Waals surface area (Å²) in [6.07, 6.45) is 5.53. The highest BCUT2D eigenvalue weighted by Crippen LogP contribution is 2.22. The van der Waals surface area contributed by atoms with Gasteiger partial charge in [-0.15, -0.1) is 0 Å². The van der Waals surface area contributed by atoms with Crippen LogP contribution < -0.4 is 11.5 Å². The van der Waals surface area contributed by atoms with E-state index in [1.54, 1.807) is 6.20 Å². The second kappa shape index (κ2) is 9.06. The van der Waals surface area contributed by atoms with E-state index in [-0.39, 0.29) is 0 Å². The zero-order valence-electron chi connectivity index (χ0n) is 15.6. The molecule has 2 heterocycles. The molecule has 2 aromatic heterocycles. The highest BCUT2D eigenvalue weighted by Gasteiger charge is 2.07. The van der Waals surface area contributed by atoms with E-state index in [0.717, 1.165) is 46.7 Å². The smallest absolute Gasteiger partial charge is 0.0884 e. The van der Waals surface area contributed by atoms with Crippen molar-refractivity contribution in [2.24, 2.45) is 0 Å². The van der Waals surface area contributed by atoms with Crippen LogP contribution in [-0.4, -0.2) is 9.97 Å². The standard InChI is InChI=1S/C10H16N2.C10H14N2/c2*1-4-8-5-6-12-10(7(2)3)9(8)11/h5-7H,4,11H2,1-3H3;5-6H,2,4,11H2,1,3H3. The number of nitrogen functional groups attached to an aromatic ring is 2. The van der Waals surface area contributed by atoms with Gasteiger partial charge in [-0.05, 0) is 54.5 Å². The molecule has 0 fully saturated rings. The van der Waals surface area contributed by atoms with Crippen LogP contribution in [0.3, 0.4) is 0 Å². The third-order valence-electron chi connectivity index (χ3n) is 3.90. The lowest BCUT2D eigenvalue weighted by Crippen LogP contribution is -2.03. The van der Waals surface area contributed by atoms with Gasteiger partial charge in [0.25, 0.3) is 0 Å². The molecule has 0 bridgehead atoms. The molecule has 130 valence electrons. The molecule has 0 saturated heterocycles. The summed E-state index contributed by atoms with van der Waals surface area (Å²) in [7, 11) is 0. The SMILES string of the molecule is C=C(C)c1nccc(CC)c1N.CCc1ccnc(C(C)C)c1N. The maximum Gasteiger partial charge on any atom is 0.0884 e. The average molecular weight is 326 g/mol. The Bertz CT molecular complexity index is 690. The fourth-order valence-corrected chi connectivity index (χ4v) is 2.46. The molecule has 0 aliphatic carbocycles. The van der Waals surface area contributed by atoms with Crippen LogP contribution in [0.5, 0.6) is 0 Å². The van der Waals surface area contributed by atoms with Crippen LogP contribution in [0.4, 0.5) is 11.4 Å². The Hall–Kier alpha value is -2.36. The second-order valence-corrected chi connectivity index (χ2v) is 6.14. The second-order valence-electron chi connectivity index (χ2n) is 6.14. The zero-order chi connectivity index (χ0) is 18.3. The lowest BCUT2D eigenvalue weighted by Gasteiger charge is -2.10. The van der Waals surface area contributed by atoms with Crippen LogP contribution in [-0.2, 0) is 12.8 Å². The summed E-state index contributed by atoms with van der Waals surface area (Å²) in [6.45, 7) is 14.1. The van der Waals surface area contributed by atoms with E-state index in [2.05, 4.69) is 44.2 Å². The van der Waals surface area contributed by atoms with E-state index in [1.807, 2.05) is 25.3 Å². The van der Waals surface area contributed by atoms with E-state index in [1.165, 1.54) is 5.56 Å². The Kier molecular flexibility index (Phi) is 7.43. The number of pyridine rings is 2. The molecule has 0 unspecified atom stereocenters. The third-order valence-corrected chi connectivity index (χ3v) is 3.90. The lowest BCUT2D eigenvalue weighted by atomic mass is 10.0. The van der Waals surface area contributed by atoms with Gasteiger partial charge in [0, 0.05) is 12.4 Å². The average Bonchev–Trinajstić information content (AvgIpc) is 2.55. The summed E-state index contributed by atoms with van der Waals surface area (Å²) < 4.78 is 0. The minimum Gasteiger partial charge on any atom is -0.397 e. The first-order chi connectivity index (χ1) is 11.3. The molecule has 2 aromatic rings. The Labute approximate surface area is 146 Å². The first-order valence-electron chi connectivity index (χ1n) is 8.45. The van der Waals surface area contributed by atoms with Crippen molar-refractivity contribution < 1.29 is 0 Å². The van der Waals surface area contributed by atoms with Crippen molar-refractivity contribution in [1.82, 2.24) is 9.97 Å². The van der Waals surface area contributed by atoms with Gasteiger partial charge in [0.1, 0.15) is 0 Å². The summed E-state index contributed by atoms with van der Waals surface area (Å²) in [5, 5.41) is 0. The van der Waals surface area contributed by atoms with Gasteiger partial charge in [-0.1, -0.05) is 34.3 Å². The molecule has 0 amide bonds. The monoisotopic (exact) mass is 326 g/mol. The lowest BCUT2D eigenvalue weighted by molar-refractivity contribution is 0.822. The van der Waals surface area contributed by atoms with Gasteiger partial charge in [0.2, 0.25) is 0 Å². The van der Waals surface area contributed by atoms with Crippen LogP contribution in [0.25, 0.3) is 5.57 Å². The molecular formula is C20H30N4. The Morgan fingerprint density at radius 2 is 1.50 bits per heavy atom. The van der Waals surface area contributed by atoms with Crippen molar-refractivity contribution in [1.29, 1.82) is 0 Å². The summed E-state index contributed by atoms with van der Waals surface area (Å²) in [5.74, 6) is 0.413. The quantitative estimate of drug-likeness (QED) is 0.860. The molecule has 0 aliphatic rings. The number of nitrogens with zero attached hydrogens (tertiary/aromatic N) is 2. The molecule has 0 atom stereocenters. The third kappa shape index (κ3) is 4.82. The van der Waals surface area contributed by atoms with Crippen LogP contribution in [0.2, 0.25) is 0 Å². The molecule has 0 aliphatic heterocycles. The van der Waals surface area contributed by atoms with Gasteiger partial charge >= 0.3 is 0 Å². The predicted octanol–water partition coefficient (Wildman–Crippen LogP) is 4.61. The fourth-order valence-electron chi connectivity index (χ4n) is 2.46. The molecule has 2 rings (SSSR count). The molecular weight excluding hydrogens is 296 g/mol. The van der Waals surface area contributed by atoms with Crippen molar-refractivity contribution in [2.45, 2.75) is 53.4 Å². The molecule has 0 radical (unpaired) electrons. The Morgan fingerprint density at radius 1 is 1.00 bits per heavy atom. The van der Waals surface area contributed by atoms with Crippen LogP contribution in [0.1, 0.15) is 63.1 Å². The van der Waals surface area contributed by atoms with Gasteiger partial charge < -0.3 is 11.5 Å². The number of allylic oxidation sites excluding steroid dienone is 1. The van der Waals surface area contributed by atoms with E-state index >= 15 is 0 Å².